The van der Waals surface area contributed by atoms with Gasteiger partial charge in [-0.05, 0) is 58.7 Å². The van der Waals surface area contributed by atoms with Crippen molar-refractivity contribution < 1.29 is 19.0 Å². The second-order valence-corrected chi connectivity index (χ2v) is 10.1. The van der Waals surface area contributed by atoms with Gasteiger partial charge in [0.2, 0.25) is 0 Å². The summed E-state index contributed by atoms with van der Waals surface area (Å²) in [6.45, 7) is 9.17. The van der Waals surface area contributed by atoms with Crippen LogP contribution in [-0.4, -0.2) is 59.6 Å². The highest BCUT2D eigenvalue weighted by Crippen LogP contribution is 2.29. The fourth-order valence-electron chi connectivity index (χ4n) is 4.56. The summed E-state index contributed by atoms with van der Waals surface area (Å²) in [7, 11) is 3.19. The van der Waals surface area contributed by atoms with Crippen LogP contribution in [0.2, 0.25) is 0 Å². The van der Waals surface area contributed by atoms with E-state index in [0.717, 1.165) is 36.3 Å². The molecule has 2 aromatic heterocycles. The Morgan fingerprint density at radius 1 is 1.22 bits per heavy atom. The number of nitrogens with one attached hydrogen (secondary N) is 2. The number of benzene rings is 1. The molecule has 0 aliphatic carbocycles. The third-order valence-corrected chi connectivity index (χ3v) is 6.15. The molecule has 194 valence electrons. The van der Waals surface area contributed by atoms with Crippen LogP contribution in [0.4, 0.5) is 10.5 Å². The summed E-state index contributed by atoms with van der Waals surface area (Å²) in [5.74, 6) is 1.31. The van der Waals surface area contributed by atoms with Gasteiger partial charge in [0, 0.05) is 36.5 Å². The number of H-pyrrole nitrogens is 1. The number of piperidine rings is 1. The van der Waals surface area contributed by atoms with Crippen molar-refractivity contribution in [2.75, 3.05) is 32.2 Å². The quantitative estimate of drug-likeness (QED) is 0.535. The molecule has 4 rings (SSSR count). The van der Waals surface area contributed by atoms with Gasteiger partial charge in [0.1, 0.15) is 22.6 Å². The molecule has 0 bridgehead atoms. The van der Waals surface area contributed by atoms with E-state index in [0.29, 0.717) is 35.8 Å². The minimum absolute atomic E-state index is 0.0607. The number of rotatable bonds is 6. The first-order valence-corrected chi connectivity index (χ1v) is 12.1. The summed E-state index contributed by atoms with van der Waals surface area (Å²) in [5, 5.41) is 2.99. The number of hydrogen-bond donors (Lipinski definition) is 2. The Morgan fingerprint density at radius 3 is 2.69 bits per heavy atom. The molecule has 1 atom stereocenters. The zero-order chi connectivity index (χ0) is 26.0. The lowest BCUT2D eigenvalue weighted by molar-refractivity contribution is 0.0500. The van der Waals surface area contributed by atoms with Crippen molar-refractivity contribution in [2.45, 2.75) is 58.7 Å². The molecular formula is C26H35N5O5. The number of pyridine rings is 1. The molecule has 0 spiro atoms. The Labute approximate surface area is 210 Å². The van der Waals surface area contributed by atoms with Crippen LogP contribution in [0.1, 0.15) is 44.9 Å². The molecule has 1 saturated heterocycles. The number of nitrogens with zero attached hydrogens (tertiary/aromatic N) is 3. The van der Waals surface area contributed by atoms with Crippen LogP contribution in [0.15, 0.2) is 29.1 Å². The molecule has 0 radical (unpaired) electrons. The highest BCUT2D eigenvalue weighted by molar-refractivity contribution is 5.87. The highest BCUT2D eigenvalue weighted by Gasteiger charge is 2.26. The maximum Gasteiger partial charge on any atom is 0.407 e. The van der Waals surface area contributed by atoms with Crippen LogP contribution in [0.25, 0.3) is 11.2 Å². The Bertz CT molecular complexity index is 1310. The molecule has 3 heterocycles. The largest absolute Gasteiger partial charge is 0.497 e. The highest BCUT2D eigenvalue weighted by atomic mass is 16.6. The number of anilines is 1. The van der Waals surface area contributed by atoms with E-state index >= 15 is 0 Å². The van der Waals surface area contributed by atoms with E-state index in [2.05, 4.69) is 15.2 Å². The normalized spacial score (nSPS) is 16.2. The summed E-state index contributed by atoms with van der Waals surface area (Å²) >= 11 is 0. The smallest absolute Gasteiger partial charge is 0.407 e. The van der Waals surface area contributed by atoms with Crippen molar-refractivity contribution in [3.05, 3.63) is 46.0 Å². The van der Waals surface area contributed by atoms with Crippen molar-refractivity contribution >= 4 is 22.9 Å². The summed E-state index contributed by atoms with van der Waals surface area (Å²) in [6, 6.07) is 7.44. The predicted molar refractivity (Wildman–Crippen MR) is 138 cm³/mol. The van der Waals surface area contributed by atoms with E-state index in [9.17, 15) is 9.59 Å². The van der Waals surface area contributed by atoms with Gasteiger partial charge >= 0.3 is 11.8 Å². The van der Waals surface area contributed by atoms with Crippen LogP contribution < -0.4 is 25.4 Å². The van der Waals surface area contributed by atoms with Gasteiger partial charge in [-0.3, -0.25) is 4.57 Å². The van der Waals surface area contributed by atoms with Gasteiger partial charge in [-0.25, -0.2) is 14.6 Å². The van der Waals surface area contributed by atoms with Gasteiger partial charge in [0.25, 0.3) is 0 Å². The Balaban J connectivity index is 1.63. The van der Waals surface area contributed by atoms with E-state index in [1.165, 1.54) is 0 Å². The second kappa shape index (κ2) is 10.1. The molecule has 10 heteroatoms. The number of methoxy groups -OCH3 is 2. The van der Waals surface area contributed by atoms with E-state index in [-0.39, 0.29) is 11.7 Å². The SMILES string of the molecule is COc1ccc(Cn2c(=O)[nH]c3c(N4CCC[C@@H](NC(=O)OC(C)(C)C)C4)cc(C)nc32)c(OC)c1. The van der Waals surface area contributed by atoms with Crippen molar-refractivity contribution in [1.82, 2.24) is 19.9 Å². The topological polar surface area (TPSA) is 111 Å². The van der Waals surface area contributed by atoms with Gasteiger partial charge < -0.3 is 29.4 Å². The zero-order valence-electron chi connectivity index (χ0n) is 21.8. The first kappa shape index (κ1) is 25.4. The molecule has 1 aliphatic rings. The first-order valence-electron chi connectivity index (χ1n) is 12.1. The lowest BCUT2D eigenvalue weighted by atomic mass is 10.0. The Kier molecular flexibility index (Phi) is 7.14. The van der Waals surface area contributed by atoms with E-state index < -0.39 is 11.7 Å². The van der Waals surface area contributed by atoms with E-state index in [1.54, 1.807) is 24.9 Å². The molecule has 10 nitrogen and oxygen atoms in total. The summed E-state index contributed by atoms with van der Waals surface area (Å²) in [5.41, 5.74) is 2.99. The third-order valence-electron chi connectivity index (χ3n) is 6.15. The van der Waals surface area contributed by atoms with Crippen LogP contribution >= 0.6 is 0 Å². The minimum atomic E-state index is -0.554. The van der Waals surface area contributed by atoms with Crippen LogP contribution in [0.3, 0.4) is 0 Å². The number of fused-ring (bicyclic) bond motifs is 1. The van der Waals surface area contributed by atoms with Gasteiger partial charge in [-0.1, -0.05) is 0 Å². The Morgan fingerprint density at radius 2 is 2.00 bits per heavy atom. The first-order chi connectivity index (χ1) is 17.1. The summed E-state index contributed by atoms with van der Waals surface area (Å²) in [6.07, 6.45) is 1.34. The van der Waals surface area contributed by atoms with Crippen molar-refractivity contribution in [2.24, 2.45) is 0 Å². The number of hydrogen-bond acceptors (Lipinski definition) is 7. The standard InChI is InChI=1S/C26H35N5O5/c1-16-12-20(30-11-7-8-18(15-30)28-25(33)36-26(2,3)4)22-23(27-16)31(24(32)29-22)14-17-9-10-19(34-5)13-21(17)35-6/h9-10,12-13,18H,7-8,11,14-15H2,1-6H3,(H,28,33)(H,29,32)/t18-/m1/s1. The number of aromatic amines is 1. The molecule has 1 aliphatic heterocycles. The lowest BCUT2D eigenvalue weighted by Crippen LogP contribution is -2.49. The average Bonchev–Trinajstić information content (AvgIpc) is 3.12. The number of imidazole rings is 1. The maximum absolute atomic E-state index is 13.1. The van der Waals surface area contributed by atoms with Crippen molar-refractivity contribution in [3.8, 4) is 11.5 Å². The molecular weight excluding hydrogens is 462 g/mol. The summed E-state index contributed by atoms with van der Waals surface area (Å²) in [4.78, 5) is 35.3. The fraction of sp³-hybridized carbons (Fsp3) is 0.500. The number of alkyl carbamates (subject to hydrolysis) is 1. The number of amides is 1. The molecule has 36 heavy (non-hydrogen) atoms. The third kappa shape index (κ3) is 5.58. The van der Waals surface area contributed by atoms with Crippen molar-refractivity contribution in [1.29, 1.82) is 0 Å². The van der Waals surface area contributed by atoms with Crippen molar-refractivity contribution in [3.63, 3.8) is 0 Å². The second-order valence-electron chi connectivity index (χ2n) is 10.1. The monoisotopic (exact) mass is 497 g/mol. The number of carbonyl (C=O) groups excluding carboxylic acids is 1. The minimum Gasteiger partial charge on any atom is -0.497 e. The number of aryl methyl sites for hydroxylation is 1. The molecule has 0 saturated carbocycles. The molecule has 2 N–H and O–H groups in total. The van der Waals surface area contributed by atoms with Gasteiger partial charge in [0.15, 0.2) is 5.65 Å². The molecule has 1 amide bonds. The van der Waals surface area contributed by atoms with Gasteiger partial charge in [-0.2, -0.15) is 0 Å². The van der Waals surface area contributed by atoms with Gasteiger partial charge in [-0.15, -0.1) is 0 Å². The Hall–Kier alpha value is -3.69. The van der Waals surface area contributed by atoms with E-state index in [1.807, 2.05) is 45.9 Å². The predicted octanol–water partition coefficient (Wildman–Crippen LogP) is 3.59. The number of aromatic nitrogens is 3. The van der Waals surface area contributed by atoms with E-state index in [4.69, 9.17) is 19.2 Å². The van der Waals surface area contributed by atoms with Crippen LogP contribution in [-0.2, 0) is 11.3 Å². The number of ether oxygens (including phenoxy) is 3. The molecule has 1 fully saturated rings. The zero-order valence-corrected chi connectivity index (χ0v) is 21.8. The van der Waals surface area contributed by atoms with Crippen LogP contribution in [0.5, 0.6) is 11.5 Å². The average molecular weight is 498 g/mol. The fourth-order valence-corrected chi connectivity index (χ4v) is 4.56. The molecule has 0 unspecified atom stereocenters. The maximum atomic E-state index is 13.1. The van der Waals surface area contributed by atoms with Crippen LogP contribution in [0, 0.1) is 6.92 Å². The number of carbonyl (C=O) groups is 1. The summed E-state index contributed by atoms with van der Waals surface area (Å²) < 4.78 is 17.9. The molecule has 1 aromatic carbocycles. The van der Waals surface area contributed by atoms with Gasteiger partial charge in [0.05, 0.1) is 26.5 Å². The molecule has 3 aromatic rings. The lowest BCUT2D eigenvalue weighted by Gasteiger charge is -2.35.